The van der Waals surface area contributed by atoms with Gasteiger partial charge in [0.2, 0.25) is 0 Å². The minimum Gasteiger partial charge on any atom is -0.356 e. The van der Waals surface area contributed by atoms with Gasteiger partial charge < -0.3 is 10.2 Å². The van der Waals surface area contributed by atoms with E-state index in [1.54, 1.807) is 0 Å². The number of benzene rings is 2. The van der Waals surface area contributed by atoms with Gasteiger partial charge in [-0.3, -0.25) is 9.67 Å². The first-order chi connectivity index (χ1) is 13.2. The molecular weight excluding hydrogens is 334 g/mol. The highest BCUT2D eigenvalue weighted by Gasteiger charge is 2.26. The summed E-state index contributed by atoms with van der Waals surface area (Å²) in [5, 5.41) is 10.5. The van der Waals surface area contributed by atoms with Crippen molar-refractivity contribution in [3.8, 4) is 0 Å². The first-order valence-electron chi connectivity index (χ1n) is 9.65. The number of guanidine groups is 1. The van der Waals surface area contributed by atoms with Gasteiger partial charge >= 0.3 is 0 Å². The number of fused-ring (bicyclic) bond motifs is 1. The largest absolute Gasteiger partial charge is 0.356 e. The number of nitrogens with zero attached hydrogens (tertiary/aromatic N) is 4. The highest BCUT2D eigenvalue weighted by atomic mass is 15.3. The smallest absolute Gasteiger partial charge is 0.193 e. The number of aliphatic imine (C=N–C) groups is 1. The highest BCUT2D eigenvalue weighted by molar-refractivity contribution is 5.85. The molecule has 1 N–H and O–H groups in total. The summed E-state index contributed by atoms with van der Waals surface area (Å²) in [7, 11) is 3.85. The monoisotopic (exact) mass is 361 g/mol. The SMILES string of the molecule is CN=C(NCCc1cccc2ccccc12)N1CCC(c2cnn(C)c2)C1. The van der Waals surface area contributed by atoms with Crippen molar-refractivity contribution in [2.24, 2.45) is 12.0 Å². The second-order valence-corrected chi connectivity index (χ2v) is 7.24. The van der Waals surface area contributed by atoms with Gasteiger partial charge in [-0.1, -0.05) is 42.5 Å². The van der Waals surface area contributed by atoms with Crippen LogP contribution < -0.4 is 5.32 Å². The summed E-state index contributed by atoms with van der Waals surface area (Å²) in [6.07, 6.45) is 6.26. The molecule has 2 heterocycles. The molecule has 5 nitrogen and oxygen atoms in total. The first-order valence-corrected chi connectivity index (χ1v) is 9.65. The fraction of sp³-hybridized carbons (Fsp3) is 0.364. The van der Waals surface area contributed by atoms with Gasteiger partial charge in [-0.15, -0.1) is 0 Å². The Balaban J connectivity index is 1.36. The molecule has 2 aromatic carbocycles. The van der Waals surface area contributed by atoms with E-state index in [0.717, 1.165) is 38.4 Å². The molecule has 1 aliphatic heterocycles. The maximum Gasteiger partial charge on any atom is 0.193 e. The maximum atomic E-state index is 4.51. The van der Waals surface area contributed by atoms with Gasteiger partial charge in [0.25, 0.3) is 0 Å². The summed E-state index contributed by atoms with van der Waals surface area (Å²) in [5.41, 5.74) is 2.71. The Kier molecular flexibility index (Phi) is 5.10. The highest BCUT2D eigenvalue weighted by Crippen LogP contribution is 2.26. The zero-order valence-electron chi connectivity index (χ0n) is 16.1. The van der Waals surface area contributed by atoms with E-state index in [9.17, 15) is 0 Å². The van der Waals surface area contributed by atoms with E-state index < -0.39 is 0 Å². The average molecular weight is 361 g/mol. The summed E-state index contributed by atoms with van der Waals surface area (Å²) in [5.74, 6) is 1.54. The van der Waals surface area contributed by atoms with Crippen molar-refractivity contribution in [2.75, 3.05) is 26.7 Å². The fourth-order valence-electron chi connectivity index (χ4n) is 4.03. The lowest BCUT2D eigenvalue weighted by Gasteiger charge is -2.21. The van der Waals surface area contributed by atoms with E-state index in [1.165, 1.54) is 21.9 Å². The van der Waals surface area contributed by atoms with E-state index >= 15 is 0 Å². The standard InChI is InChI=1S/C22H27N5/c1-23-22(27-13-11-19(16-27)20-14-25-26(2)15-20)24-12-10-18-8-5-7-17-6-3-4-9-21(17)18/h3-9,14-15,19H,10-13,16H2,1-2H3,(H,23,24). The van der Waals surface area contributed by atoms with Gasteiger partial charge in [0.1, 0.15) is 0 Å². The van der Waals surface area contributed by atoms with Gasteiger partial charge in [-0.2, -0.15) is 5.10 Å². The van der Waals surface area contributed by atoms with Crippen molar-refractivity contribution >= 4 is 16.7 Å². The van der Waals surface area contributed by atoms with Crippen molar-refractivity contribution in [3.63, 3.8) is 0 Å². The zero-order valence-corrected chi connectivity index (χ0v) is 16.1. The van der Waals surface area contributed by atoms with E-state index in [2.05, 4.69) is 69.0 Å². The lowest BCUT2D eigenvalue weighted by atomic mass is 10.0. The molecule has 5 heteroatoms. The van der Waals surface area contributed by atoms with E-state index in [4.69, 9.17) is 0 Å². The van der Waals surface area contributed by atoms with Gasteiger partial charge in [0.15, 0.2) is 5.96 Å². The third-order valence-electron chi connectivity index (χ3n) is 5.45. The molecule has 0 saturated carbocycles. The van der Waals surface area contributed by atoms with Gasteiger partial charge in [-0.25, -0.2) is 0 Å². The molecule has 0 aliphatic carbocycles. The second-order valence-electron chi connectivity index (χ2n) is 7.24. The Bertz CT molecular complexity index is 937. The number of rotatable bonds is 4. The van der Waals surface area contributed by atoms with Crippen molar-refractivity contribution in [2.45, 2.75) is 18.8 Å². The minimum atomic E-state index is 0.537. The molecule has 0 amide bonds. The number of aryl methyl sites for hydroxylation is 1. The molecule has 1 fully saturated rings. The van der Waals surface area contributed by atoms with Gasteiger partial charge in [0, 0.05) is 45.8 Å². The molecule has 140 valence electrons. The Labute approximate surface area is 160 Å². The van der Waals surface area contributed by atoms with Crippen molar-refractivity contribution in [1.29, 1.82) is 0 Å². The Hall–Kier alpha value is -2.82. The quantitative estimate of drug-likeness (QED) is 0.573. The van der Waals surface area contributed by atoms with Gasteiger partial charge in [0.05, 0.1) is 6.20 Å². The minimum absolute atomic E-state index is 0.537. The van der Waals surface area contributed by atoms with Crippen LogP contribution in [0.25, 0.3) is 10.8 Å². The van der Waals surface area contributed by atoms with Crippen LogP contribution in [-0.4, -0.2) is 47.3 Å². The Morgan fingerprint density at radius 1 is 1.22 bits per heavy atom. The molecule has 0 radical (unpaired) electrons. The summed E-state index contributed by atoms with van der Waals surface area (Å²) < 4.78 is 1.88. The topological polar surface area (TPSA) is 45.5 Å². The summed E-state index contributed by atoms with van der Waals surface area (Å²) in [6.45, 7) is 2.92. The third-order valence-corrected chi connectivity index (χ3v) is 5.45. The van der Waals surface area contributed by atoms with Crippen LogP contribution in [-0.2, 0) is 13.5 Å². The summed E-state index contributed by atoms with van der Waals surface area (Å²) in [4.78, 5) is 6.87. The molecule has 27 heavy (non-hydrogen) atoms. The molecular formula is C22H27N5. The average Bonchev–Trinajstić information content (AvgIpc) is 3.34. The van der Waals surface area contributed by atoms with E-state index in [0.29, 0.717) is 5.92 Å². The number of hydrogen-bond donors (Lipinski definition) is 1. The van der Waals surface area contributed by atoms with E-state index in [-0.39, 0.29) is 0 Å². The van der Waals surface area contributed by atoms with Crippen LogP contribution in [0, 0.1) is 0 Å². The predicted octanol–water partition coefficient (Wildman–Crippen LogP) is 3.18. The lowest BCUT2D eigenvalue weighted by Crippen LogP contribution is -2.40. The Morgan fingerprint density at radius 3 is 2.89 bits per heavy atom. The number of nitrogens with one attached hydrogen (secondary N) is 1. The van der Waals surface area contributed by atoms with Crippen LogP contribution in [0.1, 0.15) is 23.5 Å². The summed E-state index contributed by atoms with van der Waals surface area (Å²) in [6, 6.07) is 15.1. The molecule has 0 bridgehead atoms. The van der Waals surface area contributed by atoms with Crippen LogP contribution in [0.4, 0.5) is 0 Å². The molecule has 1 atom stereocenters. The molecule has 1 aromatic heterocycles. The molecule has 0 spiro atoms. The maximum absolute atomic E-state index is 4.51. The normalized spacial score (nSPS) is 17.6. The molecule has 1 saturated heterocycles. The summed E-state index contributed by atoms with van der Waals surface area (Å²) >= 11 is 0. The van der Waals surface area contributed by atoms with Crippen LogP contribution in [0.15, 0.2) is 59.9 Å². The number of likely N-dealkylation sites (tertiary alicyclic amines) is 1. The zero-order chi connectivity index (χ0) is 18.6. The van der Waals surface area contributed by atoms with Crippen LogP contribution in [0.2, 0.25) is 0 Å². The van der Waals surface area contributed by atoms with Crippen molar-refractivity contribution in [3.05, 3.63) is 66.0 Å². The van der Waals surface area contributed by atoms with Crippen molar-refractivity contribution in [1.82, 2.24) is 20.0 Å². The molecule has 3 aromatic rings. The molecule has 4 rings (SSSR count). The van der Waals surface area contributed by atoms with Crippen LogP contribution in [0.5, 0.6) is 0 Å². The molecule has 1 unspecified atom stereocenters. The number of hydrogen-bond acceptors (Lipinski definition) is 2. The molecule has 1 aliphatic rings. The third kappa shape index (κ3) is 3.82. The van der Waals surface area contributed by atoms with E-state index in [1.807, 2.05) is 25.0 Å². The van der Waals surface area contributed by atoms with Crippen LogP contribution >= 0.6 is 0 Å². The predicted molar refractivity (Wildman–Crippen MR) is 111 cm³/mol. The number of aromatic nitrogens is 2. The second kappa shape index (κ2) is 7.82. The fourth-order valence-corrected chi connectivity index (χ4v) is 4.03. The van der Waals surface area contributed by atoms with Gasteiger partial charge in [-0.05, 0) is 34.7 Å². The lowest BCUT2D eigenvalue weighted by molar-refractivity contribution is 0.486. The van der Waals surface area contributed by atoms with Crippen LogP contribution in [0.3, 0.4) is 0 Å². The first kappa shape index (κ1) is 17.6. The Morgan fingerprint density at radius 2 is 2.07 bits per heavy atom. The van der Waals surface area contributed by atoms with Crippen molar-refractivity contribution < 1.29 is 0 Å².